The largest absolute Gasteiger partial charge is 0.369 e. The van der Waals surface area contributed by atoms with Crippen LogP contribution < -0.4 is 0 Å². The van der Waals surface area contributed by atoms with Crippen molar-refractivity contribution in [1.29, 1.82) is 0 Å². The summed E-state index contributed by atoms with van der Waals surface area (Å²) in [6, 6.07) is 8.76. The minimum atomic E-state index is -0.213. The van der Waals surface area contributed by atoms with Crippen LogP contribution in [0.2, 0.25) is 0 Å². The van der Waals surface area contributed by atoms with Crippen molar-refractivity contribution < 1.29 is 13.9 Å². The van der Waals surface area contributed by atoms with Gasteiger partial charge in [0.15, 0.2) is 0 Å². The molecular formula is C20H25FN4O2. The maximum atomic E-state index is 13.5. The van der Waals surface area contributed by atoms with Crippen molar-refractivity contribution in [3.63, 3.8) is 0 Å². The molecule has 1 fully saturated rings. The summed E-state index contributed by atoms with van der Waals surface area (Å²) in [5, 5.41) is 4.42. The number of hydrogen-bond acceptors (Lipinski definition) is 4. The van der Waals surface area contributed by atoms with Gasteiger partial charge in [-0.15, -0.1) is 0 Å². The maximum absolute atomic E-state index is 13.5. The number of likely N-dealkylation sites (tertiary alicyclic amines) is 1. The molecule has 2 aliphatic heterocycles. The van der Waals surface area contributed by atoms with Crippen LogP contribution in [0.25, 0.3) is 0 Å². The molecule has 1 saturated heterocycles. The van der Waals surface area contributed by atoms with Crippen molar-refractivity contribution in [3.05, 3.63) is 53.6 Å². The zero-order valence-corrected chi connectivity index (χ0v) is 15.4. The molecule has 0 aliphatic carbocycles. The SMILES string of the molecule is O=C(COCC1CN(Cc2cccc(F)c2)Cc2ccnn21)N1CCCC1. The highest BCUT2D eigenvalue weighted by Crippen LogP contribution is 2.22. The number of carbonyl (C=O) groups excluding carboxylic acids is 1. The summed E-state index contributed by atoms with van der Waals surface area (Å²) in [6.07, 6.45) is 3.96. The lowest BCUT2D eigenvalue weighted by Gasteiger charge is -2.33. The fourth-order valence-electron chi connectivity index (χ4n) is 3.94. The van der Waals surface area contributed by atoms with Gasteiger partial charge in [-0.05, 0) is 36.6 Å². The molecule has 1 aromatic carbocycles. The van der Waals surface area contributed by atoms with Crippen LogP contribution >= 0.6 is 0 Å². The number of halogens is 1. The maximum Gasteiger partial charge on any atom is 0.248 e. The van der Waals surface area contributed by atoms with Crippen LogP contribution in [0.5, 0.6) is 0 Å². The van der Waals surface area contributed by atoms with E-state index in [1.54, 1.807) is 18.3 Å². The van der Waals surface area contributed by atoms with E-state index in [1.807, 2.05) is 21.7 Å². The highest BCUT2D eigenvalue weighted by Gasteiger charge is 2.26. The van der Waals surface area contributed by atoms with E-state index in [0.29, 0.717) is 13.2 Å². The van der Waals surface area contributed by atoms with E-state index in [4.69, 9.17) is 4.74 Å². The first kappa shape index (κ1) is 18.1. The summed E-state index contributed by atoms with van der Waals surface area (Å²) in [4.78, 5) is 16.3. The van der Waals surface area contributed by atoms with Crippen LogP contribution in [0.15, 0.2) is 36.5 Å². The van der Waals surface area contributed by atoms with E-state index < -0.39 is 0 Å². The Morgan fingerprint density at radius 2 is 2.11 bits per heavy atom. The lowest BCUT2D eigenvalue weighted by Crippen LogP contribution is -2.40. The smallest absolute Gasteiger partial charge is 0.248 e. The van der Waals surface area contributed by atoms with E-state index in [1.165, 1.54) is 6.07 Å². The molecule has 2 aliphatic rings. The van der Waals surface area contributed by atoms with Crippen LogP contribution in [-0.4, -0.2) is 58.3 Å². The van der Waals surface area contributed by atoms with Crippen LogP contribution in [0, 0.1) is 5.82 Å². The number of aromatic nitrogens is 2. The normalized spacial score (nSPS) is 20.0. The predicted octanol–water partition coefficient (Wildman–Crippen LogP) is 2.22. The van der Waals surface area contributed by atoms with Gasteiger partial charge in [0.25, 0.3) is 0 Å². The highest BCUT2D eigenvalue weighted by molar-refractivity contribution is 5.77. The number of carbonyl (C=O) groups is 1. The molecule has 7 heteroatoms. The molecule has 1 atom stereocenters. The number of benzene rings is 1. The second kappa shape index (κ2) is 8.19. The second-order valence-electron chi connectivity index (χ2n) is 7.32. The third kappa shape index (κ3) is 4.36. The van der Waals surface area contributed by atoms with Crippen molar-refractivity contribution in [1.82, 2.24) is 19.6 Å². The lowest BCUT2D eigenvalue weighted by atomic mass is 10.1. The second-order valence-corrected chi connectivity index (χ2v) is 7.32. The average Bonchev–Trinajstić information content (AvgIpc) is 3.33. The van der Waals surface area contributed by atoms with E-state index >= 15 is 0 Å². The van der Waals surface area contributed by atoms with E-state index in [0.717, 1.165) is 50.3 Å². The summed E-state index contributed by atoms with van der Waals surface area (Å²) in [7, 11) is 0. The van der Waals surface area contributed by atoms with Gasteiger partial charge in [0, 0.05) is 38.9 Å². The molecule has 144 valence electrons. The molecule has 0 radical (unpaired) electrons. The van der Waals surface area contributed by atoms with Gasteiger partial charge in [0.2, 0.25) is 5.91 Å². The summed E-state index contributed by atoms with van der Waals surface area (Å²) in [6.45, 7) is 4.44. The fourth-order valence-corrected chi connectivity index (χ4v) is 3.94. The molecule has 0 saturated carbocycles. The lowest BCUT2D eigenvalue weighted by molar-refractivity contribution is -0.135. The number of fused-ring (bicyclic) bond motifs is 1. The van der Waals surface area contributed by atoms with Crippen molar-refractivity contribution in [2.24, 2.45) is 0 Å². The average molecular weight is 372 g/mol. The summed E-state index contributed by atoms with van der Waals surface area (Å²) < 4.78 is 21.2. The summed E-state index contributed by atoms with van der Waals surface area (Å²) in [5.74, 6) is -0.143. The Hall–Kier alpha value is -2.25. The Balaban J connectivity index is 1.36. The molecule has 1 aromatic heterocycles. The van der Waals surface area contributed by atoms with Gasteiger partial charge in [0.05, 0.1) is 18.3 Å². The highest BCUT2D eigenvalue weighted by atomic mass is 19.1. The van der Waals surface area contributed by atoms with Gasteiger partial charge >= 0.3 is 0 Å². The van der Waals surface area contributed by atoms with Crippen LogP contribution in [-0.2, 0) is 22.6 Å². The first-order valence-electron chi connectivity index (χ1n) is 9.54. The minimum Gasteiger partial charge on any atom is -0.369 e. The van der Waals surface area contributed by atoms with Gasteiger partial charge in [-0.2, -0.15) is 5.10 Å². The predicted molar refractivity (Wildman–Crippen MR) is 98.4 cm³/mol. The van der Waals surface area contributed by atoms with Gasteiger partial charge in [-0.25, -0.2) is 4.39 Å². The van der Waals surface area contributed by atoms with Gasteiger partial charge in [-0.1, -0.05) is 12.1 Å². The summed E-state index contributed by atoms with van der Waals surface area (Å²) in [5.41, 5.74) is 2.06. The zero-order chi connectivity index (χ0) is 18.6. The zero-order valence-electron chi connectivity index (χ0n) is 15.4. The molecule has 0 bridgehead atoms. The first-order valence-corrected chi connectivity index (χ1v) is 9.54. The molecule has 2 aromatic rings. The van der Waals surface area contributed by atoms with Crippen LogP contribution in [0.1, 0.15) is 30.1 Å². The molecule has 6 nitrogen and oxygen atoms in total. The topological polar surface area (TPSA) is 50.6 Å². The Morgan fingerprint density at radius 3 is 2.93 bits per heavy atom. The standard InChI is InChI=1S/C20H25FN4O2/c21-17-5-3-4-16(10-17)11-23-12-18-6-7-22-25(18)19(13-23)14-27-15-20(26)24-8-1-2-9-24/h3-7,10,19H,1-2,8-9,11-15H2. The molecule has 0 spiro atoms. The van der Waals surface area contributed by atoms with Gasteiger partial charge in [-0.3, -0.25) is 14.4 Å². The van der Waals surface area contributed by atoms with Crippen molar-refractivity contribution in [2.75, 3.05) is 32.8 Å². The van der Waals surface area contributed by atoms with Gasteiger partial charge < -0.3 is 9.64 Å². The summed E-state index contributed by atoms with van der Waals surface area (Å²) >= 11 is 0. The van der Waals surface area contributed by atoms with Crippen molar-refractivity contribution in [3.8, 4) is 0 Å². The third-order valence-electron chi connectivity index (χ3n) is 5.24. The number of ether oxygens (including phenoxy) is 1. The van der Waals surface area contributed by atoms with E-state index in [9.17, 15) is 9.18 Å². The van der Waals surface area contributed by atoms with E-state index in [2.05, 4.69) is 10.00 Å². The molecule has 4 rings (SSSR count). The molecule has 27 heavy (non-hydrogen) atoms. The van der Waals surface area contributed by atoms with Crippen LogP contribution in [0.3, 0.4) is 0 Å². The molecule has 1 unspecified atom stereocenters. The molecule has 3 heterocycles. The Morgan fingerprint density at radius 1 is 1.26 bits per heavy atom. The number of amides is 1. The Bertz CT molecular complexity index is 788. The third-order valence-corrected chi connectivity index (χ3v) is 5.24. The number of rotatable bonds is 6. The minimum absolute atomic E-state index is 0.0451. The fraction of sp³-hybridized carbons (Fsp3) is 0.500. The number of hydrogen-bond donors (Lipinski definition) is 0. The Kier molecular flexibility index (Phi) is 5.50. The van der Waals surface area contributed by atoms with Crippen molar-refractivity contribution >= 4 is 5.91 Å². The Labute approximate surface area is 158 Å². The monoisotopic (exact) mass is 372 g/mol. The quantitative estimate of drug-likeness (QED) is 0.780. The molecular weight excluding hydrogens is 347 g/mol. The first-order chi connectivity index (χ1) is 13.2. The molecule has 0 N–H and O–H groups in total. The van der Waals surface area contributed by atoms with Gasteiger partial charge in [0.1, 0.15) is 12.4 Å². The molecule has 1 amide bonds. The number of nitrogens with zero attached hydrogens (tertiary/aromatic N) is 4. The van der Waals surface area contributed by atoms with Crippen LogP contribution in [0.4, 0.5) is 4.39 Å². The van der Waals surface area contributed by atoms with Crippen molar-refractivity contribution in [2.45, 2.75) is 32.0 Å². The van der Waals surface area contributed by atoms with E-state index in [-0.39, 0.29) is 24.4 Å².